The van der Waals surface area contributed by atoms with Crippen molar-refractivity contribution in [2.45, 2.75) is 24.4 Å². The number of thioether (sulfide) groups is 1. The average Bonchev–Trinajstić information content (AvgIpc) is 3.18. The van der Waals surface area contributed by atoms with Gasteiger partial charge in [-0.2, -0.15) is 13.2 Å². The summed E-state index contributed by atoms with van der Waals surface area (Å²) in [6, 6.07) is 9.85. The maximum atomic E-state index is 13.8. The third-order valence-electron chi connectivity index (χ3n) is 4.44. The molecule has 0 saturated heterocycles. The van der Waals surface area contributed by atoms with Crippen molar-refractivity contribution < 1.29 is 27.2 Å². The zero-order valence-electron chi connectivity index (χ0n) is 17.6. The van der Waals surface area contributed by atoms with E-state index < -0.39 is 29.4 Å². The number of carbonyl (C=O) groups is 2. The number of nitrogens with zero attached hydrogens (tertiary/aromatic N) is 3. The highest BCUT2D eigenvalue weighted by atomic mass is 32.2. The van der Waals surface area contributed by atoms with Crippen molar-refractivity contribution in [1.29, 1.82) is 0 Å². The van der Waals surface area contributed by atoms with Crippen LogP contribution in [0.15, 0.2) is 66.3 Å². The first kappa shape index (κ1) is 25.0. The third-order valence-corrected chi connectivity index (χ3v) is 5.40. The summed E-state index contributed by atoms with van der Waals surface area (Å²) in [5.74, 6) is -1.61. The van der Waals surface area contributed by atoms with E-state index in [4.69, 9.17) is 0 Å². The summed E-state index contributed by atoms with van der Waals surface area (Å²) in [6.07, 6.45) is -2.95. The van der Waals surface area contributed by atoms with Crippen molar-refractivity contribution in [2.75, 3.05) is 11.1 Å². The number of hydrogen-bond donors (Lipinski definition) is 2. The Bertz CT molecular complexity index is 1200. The second kappa shape index (κ2) is 11.0. The SMILES string of the molecule is C=CCn1c(CNC(=O)c2ccccc2F)nnc1SCC(=O)Nc1cccc(C(F)(F)F)c1. The topological polar surface area (TPSA) is 88.9 Å². The van der Waals surface area contributed by atoms with Crippen LogP contribution >= 0.6 is 11.8 Å². The third kappa shape index (κ3) is 6.44. The molecule has 34 heavy (non-hydrogen) atoms. The minimum atomic E-state index is -4.52. The van der Waals surface area contributed by atoms with Crippen LogP contribution < -0.4 is 10.6 Å². The normalized spacial score (nSPS) is 11.2. The number of anilines is 1. The van der Waals surface area contributed by atoms with E-state index in [9.17, 15) is 27.2 Å². The summed E-state index contributed by atoms with van der Waals surface area (Å²) in [4.78, 5) is 24.5. The molecule has 0 saturated carbocycles. The van der Waals surface area contributed by atoms with Gasteiger partial charge in [0.15, 0.2) is 11.0 Å². The second-order valence-corrected chi connectivity index (χ2v) is 7.82. The standard InChI is InChI=1S/C22H19F4N5O2S/c1-2-10-31-18(12-27-20(33)16-8-3-4-9-17(16)23)29-30-21(31)34-13-19(32)28-15-7-5-6-14(11-15)22(24,25)26/h2-9,11H,1,10,12-13H2,(H,27,33)(H,28,32). The van der Waals surface area contributed by atoms with Gasteiger partial charge in [-0.15, -0.1) is 16.8 Å². The summed E-state index contributed by atoms with van der Waals surface area (Å²) >= 11 is 1.01. The maximum Gasteiger partial charge on any atom is 0.416 e. The number of benzene rings is 2. The lowest BCUT2D eigenvalue weighted by molar-refractivity contribution is -0.137. The van der Waals surface area contributed by atoms with Gasteiger partial charge in [0.1, 0.15) is 5.82 Å². The fourth-order valence-electron chi connectivity index (χ4n) is 2.87. The first-order valence-corrected chi connectivity index (χ1v) is 10.8. The van der Waals surface area contributed by atoms with E-state index in [1.165, 1.54) is 36.4 Å². The van der Waals surface area contributed by atoms with Gasteiger partial charge in [0.25, 0.3) is 5.91 Å². The van der Waals surface area contributed by atoms with Gasteiger partial charge in [-0.05, 0) is 30.3 Å². The van der Waals surface area contributed by atoms with Gasteiger partial charge in [0.2, 0.25) is 5.91 Å². The first-order chi connectivity index (χ1) is 16.2. The molecule has 0 spiro atoms. The number of alkyl halides is 3. The molecule has 0 bridgehead atoms. The van der Waals surface area contributed by atoms with Crippen molar-refractivity contribution in [3.05, 3.63) is 84.0 Å². The zero-order valence-corrected chi connectivity index (χ0v) is 18.4. The monoisotopic (exact) mass is 493 g/mol. The lowest BCUT2D eigenvalue weighted by Gasteiger charge is -2.10. The van der Waals surface area contributed by atoms with Gasteiger partial charge in [-0.3, -0.25) is 9.59 Å². The van der Waals surface area contributed by atoms with Gasteiger partial charge < -0.3 is 15.2 Å². The molecule has 0 fully saturated rings. The molecule has 1 heterocycles. The molecule has 0 aliphatic carbocycles. The van der Waals surface area contributed by atoms with Crippen LogP contribution in [0.3, 0.4) is 0 Å². The van der Waals surface area contributed by atoms with Crippen LogP contribution in [0.4, 0.5) is 23.2 Å². The number of hydrogen-bond acceptors (Lipinski definition) is 5. The molecular weight excluding hydrogens is 474 g/mol. The highest BCUT2D eigenvalue weighted by Crippen LogP contribution is 2.30. The first-order valence-electron chi connectivity index (χ1n) is 9.84. The van der Waals surface area contributed by atoms with E-state index in [0.29, 0.717) is 11.0 Å². The maximum absolute atomic E-state index is 13.8. The fourth-order valence-corrected chi connectivity index (χ4v) is 3.64. The fraction of sp³-hybridized carbons (Fsp3) is 0.182. The van der Waals surface area contributed by atoms with Crippen LogP contribution in [-0.2, 0) is 24.1 Å². The van der Waals surface area contributed by atoms with Gasteiger partial charge >= 0.3 is 6.18 Å². The Morgan fingerprint density at radius 2 is 1.88 bits per heavy atom. The molecule has 12 heteroatoms. The Labute approximate surface area is 196 Å². The number of nitrogens with one attached hydrogen (secondary N) is 2. The molecule has 0 aliphatic heterocycles. The summed E-state index contributed by atoms with van der Waals surface area (Å²) in [5, 5.41) is 13.3. The number of amides is 2. The molecule has 3 aromatic rings. The predicted octanol–water partition coefficient (Wildman–Crippen LogP) is 4.28. The van der Waals surface area contributed by atoms with Gasteiger partial charge in [-0.25, -0.2) is 4.39 Å². The molecule has 1 aromatic heterocycles. The molecule has 7 nitrogen and oxygen atoms in total. The minimum absolute atomic E-state index is 0.0181. The Balaban J connectivity index is 1.62. The highest BCUT2D eigenvalue weighted by molar-refractivity contribution is 7.99. The zero-order chi connectivity index (χ0) is 24.7. The van der Waals surface area contributed by atoms with Crippen molar-refractivity contribution >= 4 is 29.3 Å². The molecule has 0 unspecified atom stereocenters. The molecule has 3 rings (SSSR count). The van der Waals surface area contributed by atoms with E-state index >= 15 is 0 Å². The Kier molecular flexibility index (Phi) is 8.05. The van der Waals surface area contributed by atoms with Crippen LogP contribution in [0.1, 0.15) is 21.7 Å². The molecule has 0 aliphatic rings. The summed E-state index contributed by atoms with van der Waals surface area (Å²) < 4.78 is 53.9. The van der Waals surface area contributed by atoms with E-state index in [1.54, 1.807) is 10.6 Å². The van der Waals surface area contributed by atoms with Crippen LogP contribution in [0, 0.1) is 5.82 Å². The average molecular weight is 493 g/mol. The molecule has 2 N–H and O–H groups in total. The Morgan fingerprint density at radius 1 is 1.12 bits per heavy atom. The van der Waals surface area contributed by atoms with Crippen LogP contribution in [0.2, 0.25) is 0 Å². The van der Waals surface area contributed by atoms with Crippen molar-refractivity contribution in [1.82, 2.24) is 20.1 Å². The smallest absolute Gasteiger partial charge is 0.345 e. The number of halogens is 4. The second-order valence-electron chi connectivity index (χ2n) is 6.88. The lowest BCUT2D eigenvalue weighted by atomic mass is 10.2. The van der Waals surface area contributed by atoms with Crippen molar-refractivity contribution in [3.63, 3.8) is 0 Å². The largest absolute Gasteiger partial charge is 0.416 e. The molecule has 178 valence electrons. The van der Waals surface area contributed by atoms with E-state index in [1.807, 2.05) is 0 Å². The Hall–Kier alpha value is -3.67. The van der Waals surface area contributed by atoms with Gasteiger partial charge in [0, 0.05) is 12.2 Å². The van der Waals surface area contributed by atoms with Crippen LogP contribution in [0.25, 0.3) is 0 Å². The summed E-state index contributed by atoms with van der Waals surface area (Å²) in [5.41, 5.74) is -0.964. The van der Waals surface area contributed by atoms with Gasteiger partial charge in [-0.1, -0.05) is 36.0 Å². The highest BCUT2D eigenvalue weighted by Gasteiger charge is 2.30. The van der Waals surface area contributed by atoms with E-state index in [0.717, 1.165) is 23.9 Å². The van der Waals surface area contributed by atoms with Crippen molar-refractivity contribution in [3.8, 4) is 0 Å². The predicted molar refractivity (Wildman–Crippen MR) is 119 cm³/mol. The van der Waals surface area contributed by atoms with E-state index in [-0.39, 0.29) is 30.1 Å². The lowest BCUT2D eigenvalue weighted by Crippen LogP contribution is -2.25. The molecule has 0 atom stereocenters. The van der Waals surface area contributed by atoms with Crippen LogP contribution in [0.5, 0.6) is 0 Å². The minimum Gasteiger partial charge on any atom is -0.345 e. The summed E-state index contributed by atoms with van der Waals surface area (Å²) in [7, 11) is 0. The summed E-state index contributed by atoms with van der Waals surface area (Å²) in [6.45, 7) is 3.88. The number of aromatic nitrogens is 3. The molecule has 2 amide bonds. The quantitative estimate of drug-likeness (QED) is 0.264. The Morgan fingerprint density at radius 3 is 2.59 bits per heavy atom. The van der Waals surface area contributed by atoms with Crippen molar-refractivity contribution in [2.24, 2.45) is 0 Å². The van der Waals surface area contributed by atoms with Gasteiger partial charge in [0.05, 0.1) is 23.4 Å². The van der Waals surface area contributed by atoms with Crippen LogP contribution in [-0.4, -0.2) is 32.3 Å². The molecule has 0 radical (unpaired) electrons. The number of allylic oxidation sites excluding steroid dienone is 1. The molecular formula is C22H19F4N5O2S. The number of carbonyl (C=O) groups excluding carboxylic acids is 2. The number of rotatable bonds is 9. The van der Waals surface area contributed by atoms with E-state index in [2.05, 4.69) is 27.4 Å². The molecule has 2 aromatic carbocycles.